The molecule has 0 radical (unpaired) electrons. The predicted octanol–water partition coefficient (Wildman–Crippen LogP) is 6.25. The maximum atomic E-state index is 13.1. The number of hydrogen-bond acceptors (Lipinski definition) is 3. The van der Waals surface area contributed by atoms with E-state index >= 15 is 0 Å². The fraction of sp³-hybridized carbons (Fsp3) is 0.786. The number of hydrogen-bond donors (Lipinski definition) is 1. The van der Waals surface area contributed by atoms with Crippen LogP contribution in [0.15, 0.2) is 34.9 Å². The SMILES string of the molecule is CC(C)[C@@H](C)C=C[C@@H](C)[C@H]1CCC2C(=CC3C4=C(CC[C@H](O)C4)CS3(=O)=O)CCC[C@@]21C. The number of fused-ring (bicyclic) bond motifs is 1. The first-order valence-electron chi connectivity index (χ1n) is 13.0. The molecule has 7 atom stereocenters. The molecule has 3 aliphatic carbocycles. The molecule has 1 aliphatic heterocycles. The Labute approximate surface area is 196 Å². The lowest BCUT2D eigenvalue weighted by Crippen LogP contribution is -2.36. The van der Waals surface area contributed by atoms with Gasteiger partial charge in [0.1, 0.15) is 5.25 Å². The molecule has 4 rings (SSSR count). The predicted molar refractivity (Wildman–Crippen MR) is 133 cm³/mol. The smallest absolute Gasteiger partial charge is 0.164 e. The highest BCUT2D eigenvalue weighted by molar-refractivity contribution is 7.92. The molecule has 4 heteroatoms. The van der Waals surface area contributed by atoms with E-state index in [0.717, 1.165) is 30.4 Å². The van der Waals surface area contributed by atoms with Crippen LogP contribution in [0.1, 0.15) is 86.0 Å². The summed E-state index contributed by atoms with van der Waals surface area (Å²) in [6.45, 7) is 11.8. The van der Waals surface area contributed by atoms with Crippen molar-refractivity contribution in [2.75, 3.05) is 5.75 Å². The summed E-state index contributed by atoms with van der Waals surface area (Å²) >= 11 is 0. The van der Waals surface area contributed by atoms with Crippen LogP contribution in [-0.2, 0) is 9.84 Å². The standard InChI is InChI=1S/C28H44O3S/c1-18(2)19(3)8-9-20(4)25-12-13-26-21(7-6-14-28(25,26)5)15-27-24-16-23(29)11-10-22(24)17-32(27,30)31/h8-9,15,18-20,23,25-27,29H,6-7,10-14,16-17H2,1-5H3/t19-,20+,23-,25+,26?,27?,28+/m0/s1. The van der Waals surface area contributed by atoms with Gasteiger partial charge >= 0.3 is 0 Å². The molecule has 3 nitrogen and oxygen atoms in total. The van der Waals surface area contributed by atoms with Gasteiger partial charge in [-0.1, -0.05) is 64.0 Å². The average molecular weight is 461 g/mol. The van der Waals surface area contributed by atoms with Crippen molar-refractivity contribution in [3.63, 3.8) is 0 Å². The van der Waals surface area contributed by atoms with Crippen molar-refractivity contribution >= 4 is 9.84 Å². The summed E-state index contributed by atoms with van der Waals surface area (Å²) in [7, 11) is -3.17. The summed E-state index contributed by atoms with van der Waals surface area (Å²) in [5, 5.41) is 9.73. The van der Waals surface area contributed by atoms with Crippen LogP contribution in [-0.4, -0.2) is 30.6 Å². The first-order valence-corrected chi connectivity index (χ1v) is 14.7. The number of aliphatic hydroxyl groups is 1. The van der Waals surface area contributed by atoms with E-state index in [4.69, 9.17) is 0 Å². The summed E-state index contributed by atoms with van der Waals surface area (Å²) in [6, 6.07) is 0. The van der Waals surface area contributed by atoms with Crippen LogP contribution in [0.4, 0.5) is 0 Å². The molecule has 0 saturated heterocycles. The first-order chi connectivity index (χ1) is 15.0. The molecule has 180 valence electrons. The molecule has 2 fully saturated rings. The van der Waals surface area contributed by atoms with Crippen molar-refractivity contribution in [1.29, 1.82) is 0 Å². The zero-order valence-corrected chi connectivity index (χ0v) is 21.6. The highest BCUT2D eigenvalue weighted by Crippen LogP contribution is 2.60. The quantitative estimate of drug-likeness (QED) is 0.493. The van der Waals surface area contributed by atoms with Gasteiger partial charge in [0.25, 0.3) is 0 Å². The van der Waals surface area contributed by atoms with Crippen LogP contribution in [0.5, 0.6) is 0 Å². The molecule has 0 spiro atoms. The lowest BCUT2D eigenvalue weighted by molar-refractivity contribution is 0.111. The molecular formula is C28H44O3S. The molecule has 0 amide bonds. The Hall–Kier alpha value is -0.870. The molecule has 1 heterocycles. The van der Waals surface area contributed by atoms with Gasteiger partial charge in [-0.3, -0.25) is 0 Å². The van der Waals surface area contributed by atoms with E-state index in [9.17, 15) is 13.5 Å². The fourth-order valence-electron chi connectivity index (χ4n) is 7.28. The van der Waals surface area contributed by atoms with Gasteiger partial charge in [0.05, 0.1) is 11.9 Å². The minimum Gasteiger partial charge on any atom is -0.393 e. The maximum Gasteiger partial charge on any atom is 0.164 e. The summed E-state index contributed by atoms with van der Waals surface area (Å²) in [6.07, 6.45) is 14.5. The van der Waals surface area contributed by atoms with Crippen LogP contribution >= 0.6 is 0 Å². The monoisotopic (exact) mass is 460 g/mol. The van der Waals surface area contributed by atoms with Crippen molar-refractivity contribution in [3.8, 4) is 0 Å². The van der Waals surface area contributed by atoms with Gasteiger partial charge in [-0.2, -0.15) is 0 Å². The Balaban J connectivity index is 1.58. The molecule has 4 aliphatic rings. The van der Waals surface area contributed by atoms with Crippen molar-refractivity contribution < 1.29 is 13.5 Å². The van der Waals surface area contributed by atoms with Gasteiger partial charge < -0.3 is 5.11 Å². The lowest BCUT2D eigenvalue weighted by Gasteiger charge is -2.44. The molecular weight excluding hydrogens is 416 g/mol. The average Bonchev–Trinajstić information content (AvgIpc) is 3.20. The highest BCUT2D eigenvalue weighted by Gasteiger charge is 2.51. The topological polar surface area (TPSA) is 54.4 Å². The van der Waals surface area contributed by atoms with E-state index in [1.165, 1.54) is 24.8 Å². The second-order valence-corrected chi connectivity index (χ2v) is 14.1. The minimum atomic E-state index is -3.17. The second-order valence-electron chi connectivity index (χ2n) is 11.9. The normalized spacial score (nSPS) is 40.2. The summed E-state index contributed by atoms with van der Waals surface area (Å²) in [5.74, 6) is 3.21. The van der Waals surface area contributed by atoms with E-state index in [1.807, 2.05) is 0 Å². The van der Waals surface area contributed by atoms with Crippen LogP contribution in [0.3, 0.4) is 0 Å². The zero-order valence-electron chi connectivity index (χ0n) is 20.8. The zero-order chi connectivity index (χ0) is 23.3. The largest absolute Gasteiger partial charge is 0.393 e. The number of aliphatic hydroxyl groups excluding tert-OH is 1. The molecule has 0 aromatic carbocycles. The Morgan fingerprint density at radius 1 is 1.06 bits per heavy atom. The van der Waals surface area contributed by atoms with E-state index < -0.39 is 15.1 Å². The Bertz CT molecular complexity index is 909. The van der Waals surface area contributed by atoms with Gasteiger partial charge in [-0.15, -0.1) is 0 Å². The highest BCUT2D eigenvalue weighted by atomic mass is 32.2. The molecule has 2 unspecified atom stereocenters. The van der Waals surface area contributed by atoms with Gasteiger partial charge in [0, 0.05) is 0 Å². The van der Waals surface area contributed by atoms with Gasteiger partial charge in [-0.05, 0) is 91.9 Å². The molecule has 32 heavy (non-hydrogen) atoms. The molecule has 0 aromatic rings. The van der Waals surface area contributed by atoms with Crippen molar-refractivity contribution in [2.24, 2.45) is 35.0 Å². The van der Waals surface area contributed by atoms with Crippen molar-refractivity contribution in [3.05, 3.63) is 34.9 Å². The first kappa shape index (κ1) is 24.3. The van der Waals surface area contributed by atoms with E-state index in [2.05, 4.69) is 52.8 Å². The van der Waals surface area contributed by atoms with Gasteiger partial charge in [0.2, 0.25) is 0 Å². The van der Waals surface area contributed by atoms with Crippen LogP contribution < -0.4 is 0 Å². The Kier molecular flexibility index (Phi) is 6.87. The van der Waals surface area contributed by atoms with Crippen molar-refractivity contribution in [1.82, 2.24) is 0 Å². The molecule has 1 N–H and O–H groups in total. The molecule has 0 bridgehead atoms. The van der Waals surface area contributed by atoms with Crippen molar-refractivity contribution in [2.45, 2.75) is 97.3 Å². The minimum absolute atomic E-state index is 0.212. The van der Waals surface area contributed by atoms with Gasteiger partial charge in [0.15, 0.2) is 9.84 Å². The Morgan fingerprint density at radius 2 is 1.81 bits per heavy atom. The summed E-state index contributed by atoms with van der Waals surface area (Å²) < 4.78 is 26.2. The Morgan fingerprint density at radius 3 is 2.53 bits per heavy atom. The molecule has 2 saturated carbocycles. The summed E-state index contributed by atoms with van der Waals surface area (Å²) in [5.41, 5.74) is 3.78. The van der Waals surface area contributed by atoms with Crippen LogP contribution in [0.25, 0.3) is 0 Å². The van der Waals surface area contributed by atoms with Gasteiger partial charge in [-0.25, -0.2) is 8.42 Å². The van der Waals surface area contributed by atoms with Crippen LogP contribution in [0.2, 0.25) is 0 Å². The second kappa shape index (κ2) is 9.06. The number of allylic oxidation sites excluding steroid dienone is 3. The maximum absolute atomic E-state index is 13.1. The fourth-order valence-corrected chi connectivity index (χ4v) is 9.36. The van der Waals surface area contributed by atoms with E-state index in [0.29, 0.717) is 42.4 Å². The third-order valence-corrected chi connectivity index (χ3v) is 11.5. The third kappa shape index (κ3) is 4.43. The third-order valence-electron chi connectivity index (χ3n) is 9.60. The van der Waals surface area contributed by atoms with E-state index in [-0.39, 0.29) is 17.3 Å². The summed E-state index contributed by atoms with van der Waals surface area (Å²) in [4.78, 5) is 0. The van der Waals surface area contributed by atoms with Crippen LogP contribution in [0, 0.1) is 35.0 Å². The van der Waals surface area contributed by atoms with E-state index in [1.54, 1.807) is 0 Å². The lowest BCUT2D eigenvalue weighted by atomic mass is 9.61. The molecule has 0 aromatic heterocycles. The number of rotatable bonds is 5. The number of sulfone groups is 1.